The molecule has 1 saturated carbocycles. The SMILES string of the molecule is CC1CCCC(NC(=O)C2CCCN(C(=O)CCOc3ccccc3)C2)C1. The van der Waals surface area contributed by atoms with Gasteiger partial charge in [-0.25, -0.2) is 0 Å². The van der Waals surface area contributed by atoms with Gasteiger partial charge in [0.15, 0.2) is 0 Å². The summed E-state index contributed by atoms with van der Waals surface area (Å²) in [4.78, 5) is 27.0. The van der Waals surface area contributed by atoms with Gasteiger partial charge in [-0.2, -0.15) is 0 Å². The quantitative estimate of drug-likeness (QED) is 0.833. The van der Waals surface area contributed by atoms with Gasteiger partial charge in [-0.05, 0) is 43.7 Å². The average molecular weight is 373 g/mol. The van der Waals surface area contributed by atoms with Crippen LogP contribution in [0.5, 0.6) is 5.75 Å². The smallest absolute Gasteiger partial charge is 0.226 e. The number of likely N-dealkylation sites (tertiary alicyclic amines) is 1. The van der Waals surface area contributed by atoms with Crippen molar-refractivity contribution in [3.8, 4) is 5.75 Å². The maximum Gasteiger partial charge on any atom is 0.226 e. The number of piperidine rings is 1. The van der Waals surface area contributed by atoms with Gasteiger partial charge in [-0.15, -0.1) is 0 Å². The number of hydrogen-bond acceptors (Lipinski definition) is 3. The molecule has 1 saturated heterocycles. The number of benzene rings is 1. The van der Waals surface area contributed by atoms with Gasteiger partial charge in [0.05, 0.1) is 18.9 Å². The average Bonchev–Trinajstić information content (AvgIpc) is 2.69. The van der Waals surface area contributed by atoms with Crippen molar-refractivity contribution >= 4 is 11.8 Å². The highest BCUT2D eigenvalue weighted by Gasteiger charge is 2.30. The molecule has 27 heavy (non-hydrogen) atoms. The Kier molecular flexibility index (Phi) is 7.13. The number of ether oxygens (including phenoxy) is 1. The maximum absolute atomic E-state index is 12.7. The van der Waals surface area contributed by atoms with Crippen LogP contribution in [-0.2, 0) is 9.59 Å². The van der Waals surface area contributed by atoms with E-state index in [4.69, 9.17) is 4.74 Å². The van der Waals surface area contributed by atoms with Gasteiger partial charge < -0.3 is 15.0 Å². The van der Waals surface area contributed by atoms with Gasteiger partial charge in [0.25, 0.3) is 0 Å². The molecule has 5 nitrogen and oxygen atoms in total. The van der Waals surface area contributed by atoms with E-state index in [1.54, 1.807) is 0 Å². The van der Waals surface area contributed by atoms with E-state index in [1.165, 1.54) is 12.8 Å². The summed E-state index contributed by atoms with van der Waals surface area (Å²) in [6.07, 6.45) is 6.75. The van der Waals surface area contributed by atoms with E-state index in [0.717, 1.165) is 38.0 Å². The minimum Gasteiger partial charge on any atom is -0.493 e. The lowest BCUT2D eigenvalue weighted by Gasteiger charge is -2.34. The third-order valence-corrected chi connectivity index (χ3v) is 5.76. The molecule has 1 aromatic carbocycles. The van der Waals surface area contributed by atoms with Crippen molar-refractivity contribution in [1.82, 2.24) is 10.2 Å². The van der Waals surface area contributed by atoms with Crippen LogP contribution in [0.25, 0.3) is 0 Å². The summed E-state index contributed by atoms with van der Waals surface area (Å²) in [7, 11) is 0. The molecular formula is C22H32N2O3. The van der Waals surface area contributed by atoms with Gasteiger partial charge in [-0.3, -0.25) is 9.59 Å². The van der Waals surface area contributed by atoms with E-state index < -0.39 is 0 Å². The minimum atomic E-state index is -0.0741. The predicted molar refractivity (Wildman–Crippen MR) is 105 cm³/mol. The van der Waals surface area contributed by atoms with Crippen molar-refractivity contribution in [1.29, 1.82) is 0 Å². The first-order chi connectivity index (χ1) is 13.1. The monoisotopic (exact) mass is 372 g/mol. The number of amides is 2. The molecule has 3 rings (SSSR count). The fraction of sp³-hybridized carbons (Fsp3) is 0.636. The third-order valence-electron chi connectivity index (χ3n) is 5.76. The van der Waals surface area contributed by atoms with Gasteiger partial charge in [0, 0.05) is 19.1 Å². The number of nitrogens with zero attached hydrogens (tertiary/aromatic N) is 1. The van der Waals surface area contributed by atoms with Crippen LogP contribution in [0.3, 0.4) is 0 Å². The van der Waals surface area contributed by atoms with Crippen molar-refractivity contribution in [3.05, 3.63) is 30.3 Å². The molecular weight excluding hydrogens is 340 g/mol. The largest absolute Gasteiger partial charge is 0.493 e. The molecule has 148 valence electrons. The summed E-state index contributed by atoms with van der Waals surface area (Å²) in [5.41, 5.74) is 0. The van der Waals surface area contributed by atoms with E-state index >= 15 is 0 Å². The van der Waals surface area contributed by atoms with Crippen molar-refractivity contribution in [2.45, 2.75) is 57.9 Å². The molecule has 1 aromatic rings. The lowest BCUT2D eigenvalue weighted by molar-refractivity contribution is -0.136. The molecule has 5 heteroatoms. The van der Waals surface area contributed by atoms with E-state index in [1.807, 2.05) is 35.2 Å². The van der Waals surface area contributed by atoms with Gasteiger partial charge in [0.1, 0.15) is 5.75 Å². The number of hydrogen-bond donors (Lipinski definition) is 1. The first-order valence-electron chi connectivity index (χ1n) is 10.4. The Morgan fingerprint density at radius 1 is 1.15 bits per heavy atom. The second kappa shape index (κ2) is 9.77. The summed E-state index contributed by atoms with van der Waals surface area (Å²) in [6, 6.07) is 9.85. The van der Waals surface area contributed by atoms with Crippen LogP contribution in [0.1, 0.15) is 51.9 Å². The van der Waals surface area contributed by atoms with Crippen LogP contribution in [-0.4, -0.2) is 42.5 Å². The molecule has 1 N–H and O–H groups in total. The van der Waals surface area contributed by atoms with Crippen molar-refractivity contribution in [3.63, 3.8) is 0 Å². The third kappa shape index (κ3) is 5.98. The Morgan fingerprint density at radius 2 is 1.96 bits per heavy atom. The zero-order valence-electron chi connectivity index (χ0n) is 16.4. The molecule has 2 aliphatic rings. The number of carbonyl (C=O) groups is 2. The first-order valence-corrected chi connectivity index (χ1v) is 10.4. The first kappa shape index (κ1) is 19.7. The number of rotatable bonds is 6. The molecule has 0 radical (unpaired) electrons. The Hall–Kier alpha value is -2.04. The summed E-state index contributed by atoms with van der Waals surface area (Å²) < 4.78 is 5.63. The van der Waals surface area contributed by atoms with Crippen LogP contribution in [0.4, 0.5) is 0 Å². The van der Waals surface area contributed by atoms with E-state index in [0.29, 0.717) is 31.5 Å². The summed E-state index contributed by atoms with van der Waals surface area (Å²) in [5.74, 6) is 1.61. The van der Waals surface area contributed by atoms with Crippen molar-refractivity contribution < 1.29 is 14.3 Å². The van der Waals surface area contributed by atoms with E-state index in [2.05, 4.69) is 12.2 Å². The highest BCUT2D eigenvalue weighted by atomic mass is 16.5. The van der Waals surface area contributed by atoms with Gasteiger partial charge >= 0.3 is 0 Å². The lowest BCUT2D eigenvalue weighted by atomic mass is 9.86. The molecule has 0 aromatic heterocycles. The lowest BCUT2D eigenvalue weighted by Crippen LogP contribution is -2.48. The number of carbonyl (C=O) groups excluding carboxylic acids is 2. The Morgan fingerprint density at radius 3 is 2.74 bits per heavy atom. The van der Waals surface area contributed by atoms with Crippen LogP contribution in [0, 0.1) is 11.8 Å². The van der Waals surface area contributed by atoms with Gasteiger partial charge in [0.2, 0.25) is 11.8 Å². The Labute approximate surface area is 162 Å². The van der Waals surface area contributed by atoms with E-state index in [-0.39, 0.29) is 17.7 Å². The molecule has 3 unspecified atom stereocenters. The van der Waals surface area contributed by atoms with Crippen LogP contribution in [0.2, 0.25) is 0 Å². The van der Waals surface area contributed by atoms with Crippen molar-refractivity contribution in [2.75, 3.05) is 19.7 Å². The van der Waals surface area contributed by atoms with Crippen molar-refractivity contribution in [2.24, 2.45) is 11.8 Å². The van der Waals surface area contributed by atoms with Crippen LogP contribution in [0.15, 0.2) is 30.3 Å². The summed E-state index contributed by atoms with van der Waals surface area (Å²) in [5, 5.41) is 3.24. The molecule has 0 spiro atoms. The maximum atomic E-state index is 12.7. The minimum absolute atomic E-state index is 0.0741. The highest BCUT2D eigenvalue weighted by Crippen LogP contribution is 2.25. The normalized spacial score (nSPS) is 25.7. The molecule has 0 bridgehead atoms. The Bertz CT molecular complexity index is 619. The second-order valence-electron chi connectivity index (χ2n) is 8.07. The zero-order valence-corrected chi connectivity index (χ0v) is 16.4. The zero-order chi connectivity index (χ0) is 19.1. The molecule has 1 aliphatic heterocycles. The standard InChI is InChI=1S/C22H32N2O3/c1-17-7-5-9-19(15-17)23-22(26)18-8-6-13-24(16-18)21(25)12-14-27-20-10-3-2-4-11-20/h2-4,10-11,17-19H,5-9,12-16H2,1H3,(H,23,26). The molecule has 2 amide bonds. The van der Waals surface area contributed by atoms with Crippen LogP contribution >= 0.6 is 0 Å². The molecule has 1 aliphatic carbocycles. The number of para-hydroxylation sites is 1. The van der Waals surface area contributed by atoms with Crippen LogP contribution < -0.4 is 10.1 Å². The summed E-state index contributed by atoms with van der Waals surface area (Å²) in [6.45, 7) is 3.92. The summed E-state index contributed by atoms with van der Waals surface area (Å²) >= 11 is 0. The number of nitrogens with one attached hydrogen (secondary N) is 1. The second-order valence-corrected chi connectivity index (χ2v) is 8.07. The predicted octanol–water partition coefficient (Wildman–Crippen LogP) is 3.39. The fourth-order valence-corrected chi connectivity index (χ4v) is 4.23. The fourth-order valence-electron chi connectivity index (χ4n) is 4.23. The Balaban J connectivity index is 1.42. The van der Waals surface area contributed by atoms with E-state index in [9.17, 15) is 9.59 Å². The molecule has 1 heterocycles. The van der Waals surface area contributed by atoms with Gasteiger partial charge in [-0.1, -0.05) is 38.0 Å². The molecule has 3 atom stereocenters. The highest BCUT2D eigenvalue weighted by molar-refractivity contribution is 5.81. The topological polar surface area (TPSA) is 58.6 Å². The molecule has 2 fully saturated rings.